The van der Waals surface area contributed by atoms with Gasteiger partial charge in [-0.3, -0.25) is 0 Å². The van der Waals surface area contributed by atoms with Crippen LogP contribution in [0.2, 0.25) is 0 Å². The number of rotatable bonds is 3. The summed E-state index contributed by atoms with van der Waals surface area (Å²) in [6, 6.07) is 1.76. The Kier molecular flexibility index (Phi) is 3.31. The Morgan fingerprint density at radius 1 is 1.77 bits per heavy atom. The van der Waals surface area contributed by atoms with Gasteiger partial charge in [-0.2, -0.15) is 0 Å². The Morgan fingerprint density at radius 3 is 3.08 bits per heavy atom. The summed E-state index contributed by atoms with van der Waals surface area (Å²) in [6.45, 7) is 4.24. The summed E-state index contributed by atoms with van der Waals surface area (Å²) in [5, 5.41) is 6.23. The maximum absolute atomic E-state index is 10.8. The first kappa shape index (κ1) is 9.57. The fourth-order valence-corrected chi connectivity index (χ4v) is 0.846. The van der Waals surface area contributed by atoms with E-state index in [1.165, 1.54) is 0 Å². The van der Waals surface area contributed by atoms with Crippen LogP contribution in [-0.4, -0.2) is 17.9 Å². The van der Waals surface area contributed by atoms with E-state index in [0.717, 1.165) is 5.76 Å². The molecule has 1 aromatic rings. The summed E-state index contributed by atoms with van der Waals surface area (Å²) in [6.07, 6.45) is -0.442. The van der Waals surface area contributed by atoms with Gasteiger partial charge in [0.2, 0.25) is 0 Å². The van der Waals surface area contributed by atoms with E-state index < -0.39 is 6.09 Å². The zero-order valence-electron chi connectivity index (χ0n) is 7.66. The minimum Gasteiger partial charge on any atom is -0.450 e. The second-order valence-corrected chi connectivity index (χ2v) is 2.50. The van der Waals surface area contributed by atoms with Gasteiger partial charge in [0.15, 0.2) is 0 Å². The molecule has 0 aliphatic rings. The van der Waals surface area contributed by atoms with E-state index in [1.54, 1.807) is 19.9 Å². The van der Waals surface area contributed by atoms with Gasteiger partial charge in [-0.25, -0.2) is 4.79 Å². The van der Waals surface area contributed by atoms with Crippen LogP contribution < -0.4 is 5.32 Å². The molecule has 5 nitrogen and oxygen atoms in total. The van der Waals surface area contributed by atoms with Gasteiger partial charge in [-0.15, -0.1) is 0 Å². The molecular weight excluding hydrogens is 172 g/mol. The molecular formula is C8H12N2O3. The lowest BCUT2D eigenvalue weighted by atomic mass is 10.4. The third kappa shape index (κ3) is 3.14. The standard InChI is InChI=1S/C8H12N2O3/c1-3-12-8(11)9-5-7-4-6(2)13-10-7/h4H,3,5H2,1-2H3,(H,9,11). The van der Waals surface area contributed by atoms with Crippen molar-refractivity contribution < 1.29 is 14.1 Å². The first-order valence-corrected chi connectivity index (χ1v) is 4.05. The van der Waals surface area contributed by atoms with Crippen molar-refractivity contribution in [2.75, 3.05) is 6.61 Å². The number of alkyl carbamates (subject to hydrolysis) is 1. The molecule has 0 saturated carbocycles. The quantitative estimate of drug-likeness (QED) is 0.767. The second-order valence-electron chi connectivity index (χ2n) is 2.50. The molecule has 1 aromatic heterocycles. The number of aryl methyl sites for hydroxylation is 1. The molecule has 0 saturated heterocycles. The number of amides is 1. The van der Waals surface area contributed by atoms with Crippen molar-refractivity contribution in [3.8, 4) is 0 Å². The van der Waals surface area contributed by atoms with Crippen molar-refractivity contribution in [2.45, 2.75) is 20.4 Å². The molecule has 0 atom stereocenters. The number of ether oxygens (including phenoxy) is 1. The zero-order chi connectivity index (χ0) is 9.68. The van der Waals surface area contributed by atoms with E-state index in [4.69, 9.17) is 4.52 Å². The number of hydrogen-bond acceptors (Lipinski definition) is 4. The predicted molar refractivity (Wildman–Crippen MR) is 45.1 cm³/mol. The van der Waals surface area contributed by atoms with Crippen LogP contribution in [0.3, 0.4) is 0 Å². The van der Waals surface area contributed by atoms with Gasteiger partial charge in [-0.05, 0) is 13.8 Å². The monoisotopic (exact) mass is 184 g/mol. The predicted octanol–water partition coefficient (Wildman–Crippen LogP) is 1.23. The molecule has 0 unspecified atom stereocenters. The van der Waals surface area contributed by atoms with E-state index in [-0.39, 0.29) is 0 Å². The van der Waals surface area contributed by atoms with Crippen molar-refractivity contribution in [1.29, 1.82) is 0 Å². The van der Waals surface area contributed by atoms with Crippen molar-refractivity contribution in [3.05, 3.63) is 17.5 Å². The Morgan fingerprint density at radius 2 is 2.54 bits per heavy atom. The average molecular weight is 184 g/mol. The Labute approximate surface area is 76.0 Å². The number of nitrogens with zero attached hydrogens (tertiary/aromatic N) is 1. The average Bonchev–Trinajstić information content (AvgIpc) is 2.49. The van der Waals surface area contributed by atoms with Crippen LogP contribution in [0.4, 0.5) is 4.79 Å². The topological polar surface area (TPSA) is 64.4 Å². The van der Waals surface area contributed by atoms with E-state index in [0.29, 0.717) is 18.8 Å². The number of hydrogen-bond donors (Lipinski definition) is 1. The lowest BCUT2D eigenvalue weighted by molar-refractivity contribution is 0.151. The highest BCUT2D eigenvalue weighted by Gasteiger charge is 2.03. The number of carbonyl (C=O) groups is 1. The summed E-state index contributed by atoms with van der Waals surface area (Å²) in [7, 11) is 0. The molecule has 0 radical (unpaired) electrons. The van der Waals surface area contributed by atoms with Crippen LogP contribution in [0, 0.1) is 6.92 Å². The van der Waals surface area contributed by atoms with Crippen LogP contribution >= 0.6 is 0 Å². The molecule has 0 bridgehead atoms. The molecule has 5 heteroatoms. The van der Waals surface area contributed by atoms with Crippen molar-refractivity contribution in [2.24, 2.45) is 0 Å². The molecule has 0 aliphatic heterocycles. The largest absolute Gasteiger partial charge is 0.450 e. The van der Waals surface area contributed by atoms with Crippen LogP contribution in [0.5, 0.6) is 0 Å². The van der Waals surface area contributed by atoms with Crippen molar-refractivity contribution >= 4 is 6.09 Å². The van der Waals surface area contributed by atoms with Gasteiger partial charge in [0.1, 0.15) is 11.5 Å². The van der Waals surface area contributed by atoms with Gasteiger partial charge < -0.3 is 14.6 Å². The summed E-state index contributed by atoms with van der Waals surface area (Å²) in [4.78, 5) is 10.8. The molecule has 0 aliphatic carbocycles. The Bertz CT molecular complexity index is 283. The Balaban J connectivity index is 2.30. The molecule has 1 amide bonds. The molecule has 1 N–H and O–H groups in total. The number of carbonyl (C=O) groups excluding carboxylic acids is 1. The van der Waals surface area contributed by atoms with Gasteiger partial charge in [-0.1, -0.05) is 5.16 Å². The smallest absolute Gasteiger partial charge is 0.407 e. The maximum atomic E-state index is 10.8. The summed E-state index contributed by atoms with van der Waals surface area (Å²) >= 11 is 0. The van der Waals surface area contributed by atoms with Crippen LogP contribution in [0.25, 0.3) is 0 Å². The zero-order valence-corrected chi connectivity index (χ0v) is 7.66. The van der Waals surface area contributed by atoms with Crippen molar-refractivity contribution in [1.82, 2.24) is 10.5 Å². The highest BCUT2D eigenvalue weighted by Crippen LogP contribution is 2.00. The first-order chi connectivity index (χ1) is 6.22. The second kappa shape index (κ2) is 4.49. The molecule has 0 fully saturated rings. The third-order valence-corrected chi connectivity index (χ3v) is 1.37. The molecule has 0 spiro atoms. The van der Waals surface area contributed by atoms with E-state index in [2.05, 4.69) is 15.2 Å². The summed E-state index contributed by atoms with van der Waals surface area (Å²) in [5.41, 5.74) is 0.686. The highest BCUT2D eigenvalue weighted by atomic mass is 16.5. The molecule has 0 aromatic carbocycles. The maximum Gasteiger partial charge on any atom is 0.407 e. The van der Waals surface area contributed by atoms with Crippen LogP contribution in [0.1, 0.15) is 18.4 Å². The SMILES string of the molecule is CCOC(=O)NCc1cc(C)on1. The van der Waals surface area contributed by atoms with Gasteiger partial charge in [0.05, 0.1) is 13.2 Å². The number of nitrogens with one attached hydrogen (secondary N) is 1. The van der Waals surface area contributed by atoms with Crippen LogP contribution in [0.15, 0.2) is 10.6 Å². The molecule has 72 valence electrons. The number of aromatic nitrogens is 1. The summed E-state index contributed by atoms with van der Waals surface area (Å²) < 4.78 is 9.48. The lowest BCUT2D eigenvalue weighted by Crippen LogP contribution is -2.23. The van der Waals surface area contributed by atoms with Crippen LogP contribution in [-0.2, 0) is 11.3 Å². The fourth-order valence-electron chi connectivity index (χ4n) is 0.846. The highest BCUT2D eigenvalue weighted by molar-refractivity contribution is 5.66. The van der Waals surface area contributed by atoms with E-state index >= 15 is 0 Å². The summed E-state index contributed by atoms with van der Waals surface area (Å²) in [5.74, 6) is 0.723. The Hall–Kier alpha value is -1.52. The normalized spacial score (nSPS) is 9.69. The van der Waals surface area contributed by atoms with Gasteiger partial charge in [0.25, 0.3) is 0 Å². The third-order valence-electron chi connectivity index (χ3n) is 1.37. The molecule has 1 rings (SSSR count). The fraction of sp³-hybridized carbons (Fsp3) is 0.500. The van der Waals surface area contributed by atoms with E-state index in [1.807, 2.05) is 0 Å². The van der Waals surface area contributed by atoms with Gasteiger partial charge >= 0.3 is 6.09 Å². The van der Waals surface area contributed by atoms with E-state index in [9.17, 15) is 4.79 Å². The molecule has 1 heterocycles. The minimum atomic E-state index is -0.442. The van der Waals surface area contributed by atoms with Crippen molar-refractivity contribution in [3.63, 3.8) is 0 Å². The van der Waals surface area contributed by atoms with Gasteiger partial charge in [0, 0.05) is 6.07 Å². The first-order valence-electron chi connectivity index (χ1n) is 4.05. The lowest BCUT2D eigenvalue weighted by Gasteiger charge is -2.01. The minimum absolute atomic E-state index is 0.330. The molecule has 13 heavy (non-hydrogen) atoms.